The predicted octanol–water partition coefficient (Wildman–Crippen LogP) is 4.67. The lowest BCUT2D eigenvalue weighted by atomic mass is 9.85. The molecular formula is C20H29F3IN3O. The van der Waals surface area contributed by atoms with Crippen molar-refractivity contribution in [1.29, 1.82) is 0 Å². The van der Waals surface area contributed by atoms with Gasteiger partial charge in [0.05, 0.1) is 12.0 Å². The number of ether oxygens (including phenoxy) is 1. The summed E-state index contributed by atoms with van der Waals surface area (Å²) in [4.78, 5) is 4.20. The van der Waals surface area contributed by atoms with E-state index < -0.39 is 12.1 Å². The van der Waals surface area contributed by atoms with Crippen LogP contribution in [-0.4, -0.2) is 38.4 Å². The van der Waals surface area contributed by atoms with Crippen molar-refractivity contribution in [3.8, 4) is 0 Å². The minimum Gasteiger partial charge on any atom is -0.373 e. The normalized spacial score (nSPS) is 28.5. The Balaban J connectivity index is 0.00000280. The molecule has 4 atom stereocenters. The van der Waals surface area contributed by atoms with E-state index in [4.69, 9.17) is 4.74 Å². The summed E-state index contributed by atoms with van der Waals surface area (Å²) in [5.41, 5.74) is 1.16. The van der Waals surface area contributed by atoms with Crippen LogP contribution in [-0.2, 0) is 4.74 Å². The minimum absolute atomic E-state index is 0. The topological polar surface area (TPSA) is 45.7 Å². The van der Waals surface area contributed by atoms with Crippen molar-refractivity contribution < 1.29 is 17.9 Å². The van der Waals surface area contributed by atoms with Crippen LogP contribution < -0.4 is 10.6 Å². The Kier molecular flexibility index (Phi) is 8.85. The summed E-state index contributed by atoms with van der Waals surface area (Å²) in [7, 11) is 1.65. The standard InChI is InChI=1S/C20H28F3N3O.HI/c1-24-19(26-17-9-5-8-16(12-17)20(21,22)23)25-13-15-10-11-27-18(15)14-6-3-2-4-7-14;/h2-4,6-7,15-18H,5,8-13H2,1H3,(H2,24,25,26);1H. The number of guanidine groups is 1. The van der Waals surface area contributed by atoms with Crippen LogP contribution in [0.4, 0.5) is 13.2 Å². The summed E-state index contributed by atoms with van der Waals surface area (Å²) < 4.78 is 44.9. The maximum atomic E-state index is 13.0. The summed E-state index contributed by atoms with van der Waals surface area (Å²) in [5.74, 6) is -0.339. The van der Waals surface area contributed by atoms with Crippen molar-refractivity contribution >= 4 is 29.9 Å². The van der Waals surface area contributed by atoms with E-state index in [1.54, 1.807) is 7.05 Å². The fraction of sp³-hybridized carbons (Fsp3) is 0.650. The number of alkyl halides is 3. The first-order valence-corrected chi connectivity index (χ1v) is 9.68. The lowest BCUT2D eigenvalue weighted by Gasteiger charge is -2.32. The molecule has 1 aliphatic carbocycles. The molecule has 2 fully saturated rings. The van der Waals surface area contributed by atoms with Crippen LogP contribution in [0.3, 0.4) is 0 Å². The van der Waals surface area contributed by atoms with Crippen molar-refractivity contribution in [3.63, 3.8) is 0 Å². The number of nitrogens with zero attached hydrogens (tertiary/aromatic N) is 1. The molecule has 0 aromatic heterocycles. The van der Waals surface area contributed by atoms with E-state index in [0.29, 0.717) is 31.4 Å². The van der Waals surface area contributed by atoms with Gasteiger partial charge in [0.1, 0.15) is 0 Å². The van der Waals surface area contributed by atoms with Gasteiger partial charge in [0.25, 0.3) is 0 Å². The first-order chi connectivity index (χ1) is 13.0. The first kappa shape index (κ1) is 23.3. The number of hydrogen-bond donors (Lipinski definition) is 2. The van der Waals surface area contributed by atoms with Crippen LogP contribution >= 0.6 is 24.0 Å². The van der Waals surface area contributed by atoms with E-state index in [2.05, 4.69) is 27.8 Å². The summed E-state index contributed by atoms with van der Waals surface area (Å²) in [5, 5.41) is 6.47. The van der Waals surface area contributed by atoms with E-state index in [1.807, 2.05) is 18.2 Å². The Morgan fingerprint density at radius 3 is 2.61 bits per heavy atom. The maximum absolute atomic E-state index is 13.0. The number of halogens is 4. The third-order valence-electron chi connectivity index (χ3n) is 5.58. The van der Waals surface area contributed by atoms with Crippen LogP contribution in [0.5, 0.6) is 0 Å². The summed E-state index contributed by atoms with van der Waals surface area (Å²) in [6, 6.07) is 9.92. The highest BCUT2D eigenvalue weighted by atomic mass is 127. The molecule has 4 unspecified atom stereocenters. The van der Waals surface area contributed by atoms with Crippen LogP contribution in [0.25, 0.3) is 0 Å². The highest BCUT2D eigenvalue weighted by Gasteiger charge is 2.42. The highest BCUT2D eigenvalue weighted by Crippen LogP contribution is 2.37. The Morgan fingerprint density at radius 1 is 1.18 bits per heavy atom. The molecule has 1 saturated carbocycles. The van der Waals surface area contributed by atoms with E-state index >= 15 is 0 Å². The third-order valence-corrected chi connectivity index (χ3v) is 5.58. The molecule has 8 heteroatoms. The van der Waals surface area contributed by atoms with Gasteiger partial charge in [0.2, 0.25) is 0 Å². The molecule has 2 N–H and O–H groups in total. The monoisotopic (exact) mass is 511 g/mol. The fourth-order valence-corrected chi connectivity index (χ4v) is 4.09. The molecule has 28 heavy (non-hydrogen) atoms. The second-order valence-electron chi connectivity index (χ2n) is 7.45. The molecule has 1 aliphatic heterocycles. The molecule has 2 aliphatic rings. The predicted molar refractivity (Wildman–Crippen MR) is 115 cm³/mol. The summed E-state index contributed by atoms with van der Waals surface area (Å²) >= 11 is 0. The van der Waals surface area contributed by atoms with Crippen molar-refractivity contribution in [1.82, 2.24) is 10.6 Å². The Labute approximate surface area is 181 Å². The molecule has 0 spiro atoms. The fourth-order valence-electron chi connectivity index (χ4n) is 4.09. The molecule has 1 saturated heterocycles. The second kappa shape index (κ2) is 10.7. The van der Waals surface area contributed by atoms with Crippen molar-refractivity contribution in [2.75, 3.05) is 20.2 Å². The van der Waals surface area contributed by atoms with E-state index in [1.165, 1.54) is 0 Å². The third kappa shape index (κ3) is 6.23. The molecule has 0 radical (unpaired) electrons. The average molecular weight is 511 g/mol. The van der Waals surface area contributed by atoms with E-state index in [-0.39, 0.29) is 49.0 Å². The number of aliphatic imine (C=N–C) groups is 1. The minimum atomic E-state index is -4.11. The molecule has 0 bridgehead atoms. The smallest absolute Gasteiger partial charge is 0.373 e. The van der Waals surface area contributed by atoms with E-state index in [0.717, 1.165) is 18.4 Å². The van der Waals surface area contributed by atoms with Gasteiger partial charge in [-0.25, -0.2) is 0 Å². The van der Waals surface area contributed by atoms with Gasteiger partial charge >= 0.3 is 6.18 Å². The summed E-state index contributed by atoms with van der Waals surface area (Å²) in [6.45, 7) is 1.39. The van der Waals surface area contributed by atoms with Gasteiger partial charge < -0.3 is 15.4 Å². The van der Waals surface area contributed by atoms with Crippen molar-refractivity contribution in [2.24, 2.45) is 16.8 Å². The van der Waals surface area contributed by atoms with Gasteiger partial charge in [0, 0.05) is 32.2 Å². The molecule has 158 valence electrons. The number of hydrogen-bond acceptors (Lipinski definition) is 2. The van der Waals surface area contributed by atoms with Crippen LogP contribution in [0.2, 0.25) is 0 Å². The van der Waals surface area contributed by atoms with Crippen LogP contribution in [0.15, 0.2) is 35.3 Å². The van der Waals surface area contributed by atoms with E-state index in [9.17, 15) is 13.2 Å². The highest BCUT2D eigenvalue weighted by molar-refractivity contribution is 14.0. The Bertz CT molecular complexity index is 627. The zero-order chi connectivity index (χ0) is 19.3. The summed E-state index contributed by atoms with van der Waals surface area (Å²) in [6.07, 6.45) is -1.45. The molecule has 0 amide bonds. The van der Waals surface area contributed by atoms with Gasteiger partial charge in [-0.15, -0.1) is 24.0 Å². The van der Waals surface area contributed by atoms with Gasteiger partial charge in [-0.05, 0) is 31.2 Å². The maximum Gasteiger partial charge on any atom is 0.391 e. The SMILES string of the molecule is CN=C(NCC1CCOC1c1ccccc1)NC1CCCC(C(F)(F)F)C1.I. The first-order valence-electron chi connectivity index (χ1n) is 9.68. The molecule has 3 rings (SSSR count). The number of benzene rings is 1. The molecular weight excluding hydrogens is 482 g/mol. The average Bonchev–Trinajstić information content (AvgIpc) is 3.14. The van der Waals surface area contributed by atoms with Crippen LogP contribution in [0, 0.1) is 11.8 Å². The van der Waals surface area contributed by atoms with Crippen molar-refractivity contribution in [2.45, 2.75) is 50.4 Å². The molecule has 4 nitrogen and oxygen atoms in total. The van der Waals surface area contributed by atoms with Gasteiger partial charge in [-0.3, -0.25) is 4.99 Å². The quantitative estimate of drug-likeness (QED) is 0.351. The van der Waals surface area contributed by atoms with Gasteiger partial charge in [0.15, 0.2) is 5.96 Å². The molecule has 1 aromatic carbocycles. The number of nitrogens with one attached hydrogen (secondary N) is 2. The van der Waals surface area contributed by atoms with Gasteiger partial charge in [-0.2, -0.15) is 13.2 Å². The lowest BCUT2D eigenvalue weighted by molar-refractivity contribution is -0.183. The second-order valence-corrected chi connectivity index (χ2v) is 7.45. The number of rotatable bonds is 4. The zero-order valence-corrected chi connectivity index (χ0v) is 18.4. The lowest BCUT2D eigenvalue weighted by Crippen LogP contribution is -2.47. The van der Waals surface area contributed by atoms with Gasteiger partial charge in [-0.1, -0.05) is 36.8 Å². The Hall–Kier alpha value is -1.03. The molecule has 1 aromatic rings. The van der Waals surface area contributed by atoms with Crippen molar-refractivity contribution in [3.05, 3.63) is 35.9 Å². The Morgan fingerprint density at radius 2 is 1.93 bits per heavy atom. The largest absolute Gasteiger partial charge is 0.391 e. The zero-order valence-electron chi connectivity index (χ0n) is 16.0. The van der Waals surface area contributed by atoms with Crippen LogP contribution in [0.1, 0.15) is 43.8 Å². The molecule has 1 heterocycles.